The molecule has 1 atom stereocenters. The van der Waals surface area contributed by atoms with Crippen LogP contribution in [0.15, 0.2) is 41.7 Å². The van der Waals surface area contributed by atoms with Crippen LogP contribution in [0.4, 0.5) is 5.69 Å². The fourth-order valence-corrected chi connectivity index (χ4v) is 4.66. The van der Waals surface area contributed by atoms with Gasteiger partial charge in [0.05, 0.1) is 17.3 Å². The first-order valence-corrected chi connectivity index (χ1v) is 10.8. The number of carbonyl (C=O) groups is 1. The van der Waals surface area contributed by atoms with Crippen LogP contribution in [-0.2, 0) is 7.05 Å². The van der Waals surface area contributed by atoms with E-state index in [2.05, 4.69) is 21.9 Å². The van der Waals surface area contributed by atoms with Gasteiger partial charge in [0.15, 0.2) is 0 Å². The van der Waals surface area contributed by atoms with Crippen LogP contribution >= 0.6 is 11.6 Å². The zero-order chi connectivity index (χ0) is 21.3. The Morgan fingerprint density at radius 3 is 2.47 bits per heavy atom. The Labute approximate surface area is 182 Å². The Morgan fingerprint density at radius 1 is 1.13 bits per heavy atom. The quantitative estimate of drug-likeness (QED) is 0.599. The number of nitrogens with zero attached hydrogens (tertiary/aromatic N) is 5. The molecule has 4 rings (SSSR count). The minimum atomic E-state index is -0.146. The molecule has 2 aliphatic rings. The van der Waals surface area contributed by atoms with E-state index < -0.39 is 0 Å². The predicted molar refractivity (Wildman–Crippen MR) is 119 cm³/mol. The molecule has 0 radical (unpaired) electrons. The van der Waals surface area contributed by atoms with Gasteiger partial charge in [-0.25, -0.2) is 0 Å². The topological polar surface area (TPSA) is 64.3 Å². The standard InChI is InChI=1S/C22H28ClN5O2/c1-3-9-28-15-19(20(24-30)21-18(22(28)29)8-10-25(21)2)27-13-11-26(12-14-27)17-6-4-16(23)5-7-17/h4-8,10,19,30H,3,9,11-15H2,1-2H3. The number of halogens is 1. The lowest BCUT2D eigenvalue weighted by Crippen LogP contribution is -2.56. The van der Waals surface area contributed by atoms with E-state index in [9.17, 15) is 10.0 Å². The summed E-state index contributed by atoms with van der Waals surface area (Å²) in [5, 5.41) is 14.4. The van der Waals surface area contributed by atoms with E-state index in [1.165, 1.54) is 0 Å². The molecule has 0 bridgehead atoms. The first-order chi connectivity index (χ1) is 14.5. The van der Waals surface area contributed by atoms with Gasteiger partial charge in [-0.3, -0.25) is 9.69 Å². The molecule has 8 heteroatoms. The van der Waals surface area contributed by atoms with Crippen LogP contribution < -0.4 is 4.90 Å². The number of piperazine rings is 1. The number of anilines is 1. The highest BCUT2D eigenvalue weighted by Crippen LogP contribution is 2.25. The molecule has 2 aromatic rings. The maximum Gasteiger partial charge on any atom is 0.256 e. The summed E-state index contributed by atoms with van der Waals surface area (Å²) in [7, 11) is 1.89. The molecule has 1 fully saturated rings. The number of aromatic nitrogens is 1. The lowest BCUT2D eigenvalue weighted by Gasteiger charge is -2.41. The molecule has 0 saturated carbocycles. The summed E-state index contributed by atoms with van der Waals surface area (Å²) in [4.78, 5) is 19.7. The Bertz CT molecular complexity index is 932. The predicted octanol–water partition coefficient (Wildman–Crippen LogP) is 2.91. The minimum Gasteiger partial charge on any atom is -0.411 e. The van der Waals surface area contributed by atoms with E-state index >= 15 is 0 Å². The van der Waals surface area contributed by atoms with E-state index in [-0.39, 0.29) is 11.9 Å². The average molecular weight is 430 g/mol. The van der Waals surface area contributed by atoms with Gasteiger partial charge in [-0.15, -0.1) is 0 Å². The molecular weight excluding hydrogens is 402 g/mol. The molecule has 0 spiro atoms. The third-order valence-electron chi connectivity index (χ3n) is 6.09. The molecule has 160 valence electrons. The number of oxime groups is 1. The molecule has 0 aliphatic carbocycles. The summed E-state index contributed by atoms with van der Waals surface area (Å²) in [6.07, 6.45) is 2.75. The van der Waals surface area contributed by atoms with Crippen molar-refractivity contribution < 1.29 is 10.0 Å². The smallest absolute Gasteiger partial charge is 0.256 e. The normalized spacial score (nSPS) is 21.8. The second kappa shape index (κ2) is 8.70. The zero-order valence-electron chi connectivity index (χ0n) is 17.5. The van der Waals surface area contributed by atoms with E-state index in [0.717, 1.165) is 43.3 Å². The fourth-order valence-electron chi connectivity index (χ4n) is 4.54. The molecule has 2 aliphatic heterocycles. The number of aryl methyl sites for hydroxylation is 1. The highest BCUT2D eigenvalue weighted by Gasteiger charge is 2.38. The van der Waals surface area contributed by atoms with Crippen LogP contribution in [0.25, 0.3) is 0 Å². The van der Waals surface area contributed by atoms with Crippen molar-refractivity contribution in [2.24, 2.45) is 12.2 Å². The van der Waals surface area contributed by atoms with Gasteiger partial charge >= 0.3 is 0 Å². The van der Waals surface area contributed by atoms with Gasteiger partial charge < -0.3 is 19.6 Å². The zero-order valence-corrected chi connectivity index (χ0v) is 18.2. The van der Waals surface area contributed by atoms with Crippen molar-refractivity contribution in [2.45, 2.75) is 19.4 Å². The highest BCUT2D eigenvalue weighted by atomic mass is 35.5. The largest absolute Gasteiger partial charge is 0.411 e. The van der Waals surface area contributed by atoms with Crippen molar-refractivity contribution in [3.8, 4) is 0 Å². The molecule has 1 saturated heterocycles. The molecule has 1 unspecified atom stereocenters. The number of hydrogen-bond acceptors (Lipinski definition) is 5. The number of carbonyl (C=O) groups excluding carboxylic acids is 1. The summed E-state index contributed by atoms with van der Waals surface area (Å²) in [6.45, 7) is 6.65. The SMILES string of the molecule is CCCN1CC(N2CCN(c3ccc(Cl)cc3)CC2)C(=NO)c2c(ccn2C)C1=O. The molecule has 30 heavy (non-hydrogen) atoms. The lowest BCUT2D eigenvalue weighted by atomic mass is 10.0. The van der Waals surface area contributed by atoms with Gasteiger partial charge in [0.1, 0.15) is 5.71 Å². The Hall–Kier alpha value is -2.51. The van der Waals surface area contributed by atoms with Crippen LogP contribution in [-0.4, -0.2) is 76.5 Å². The summed E-state index contributed by atoms with van der Waals surface area (Å²) < 4.78 is 1.88. The van der Waals surface area contributed by atoms with Crippen LogP contribution in [0.1, 0.15) is 29.4 Å². The number of fused-ring (bicyclic) bond motifs is 1. The summed E-state index contributed by atoms with van der Waals surface area (Å²) in [5.74, 6) is 0.0101. The number of benzene rings is 1. The van der Waals surface area contributed by atoms with Crippen LogP contribution in [0.3, 0.4) is 0 Å². The summed E-state index contributed by atoms with van der Waals surface area (Å²) >= 11 is 6.02. The first kappa shape index (κ1) is 20.8. The second-order valence-electron chi connectivity index (χ2n) is 7.94. The van der Waals surface area contributed by atoms with Crippen molar-refractivity contribution in [3.63, 3.8) is 0 Å². The van der Waals surface area contributed by atoms with Gasteiger partial charge in [0, 0.05) is 63.2 Å². The number of rotatable bonds is 4. The molecule has 1 aromatic carbocycles. The average Bonchev–Trinajstić information content (AvgIpc) is 3.09. The van der Waals surface area contributed by atoms with Gasteiger partial charge in [0.25, 0.3) is 5.91 Å². The number of hydrogen-bond donors (Lipinski definition) is 1. The van der Waals surface area contributed by atoms with E-state index in [1.54, 1.807) is 0 Å². The molecule has 3 heterocycles. The van der Waals surface area contributed by atoms with Gasteiger partial charge in [0.2, 0.25) is 0 Å². The number of amides is 1. The van der Waals surface area contributed by atoms with Crippen molar-refractivity contribution in [1.82, 2.24) is 14.4 Å². The lowest BCUT2D eigenvalue weighted by molar-refractivity contribution is 0.0718. The fraction of sp³-hybridized carbons (Fsp3) is 0.455. The Kier molecular flexibility index (Phi) is 6.01. The van der Waals surface area contributed by atoms with Gasteiger partial charge in [-0.05, 0) is 36.8 Å². The molecular formula is C22H28ClN5O2. The van der Waals surface area contributed by atoms with Crippen LogP contribution in [0.2, 0.25) is 5.02 Å². The molecule has 1 amide bonds. The molecule has 7 nitrogen and oxygen atoms in total. The third kappa shape index (κ3) is 3.79. The van der Waals surface area contributed by atoms with E-state index in [4.69, 9.17) is 11.6 Å². The molecule has 1 aromatic heterocycles. The highest BCUT2D eigenvalue weighted by molar-refractivity contribution is 6.30. The van der Waals surface area contributed by atoms with Crippen LogP contribution in [0, 0.1) is 0 Å². The Balaban J connectivity index is 1.59. The van der Waals surface area contributed by atoms with Gasteiger partial charge in [-0.2, -0.15) is 0 Å². The maximum absolute atomic E-state index is 13.1. The van der Waals surface area contributed by atoms with Crippen molar-refractivity contribution >= 4 is 28.9 Å². The van der Waals surface area contributed by atoms with E-state index in [1.807, 2.05) is 53.0 Å². The third-order valence-corrected chi connectivity index (χ3v) is 6.34. The van der Waals surface area contributed by atoms with Crippen molar-refractivity contribution in [1.29, 1.82) is 0 Å². The summed E-state index contributed by atoms with van der Waals surface area (Å²) in [6, 6.07) is 9.59. The molecule has 1 N–H and O–H groups in total. The summed E-state index contributed by atoms with van der Waals surface area (Å²) in [5.41, 5.74) is 3.06. The van der Waals surface area contributed by atoms with Gasteiger partial charge in [-0.1, -0.05) is 23.7 Å². The van der Waals surface area contributed by atoms with E-state index in [0.29, 0.717) is 30.1 Å². The Morgan fingerprint density at radius 2 is 1.83 bits per heavy atom. The second-order valence-corrected chi connectivity index (χ2v) is 8.38. The van der Waals surface area contributed by atoms with Crippen molar-refractivity contribution in [3.05, 3.63) is 52.8 Å². The van der Waals surface area contributed by atoms with Crippen LogP contribution in [0.5, 0.6) is 0 Å². The monoisotopic (exact) mass is 429 g/mol. The first-order valence-electron chi connectivity index (χ1n) is 10.4. The maximum atomic E-state index is 13.1. The minimum absolute atomic E-state index is 0.0101. The van der Waals surface area contributed by atoms with Crippen molar-refractivity contribution in [2.75, 3.05) is 44.2 Å².